The third kappa shape index (κ3) is 3.73. The van der Waals surface area contributed by atoms with Crippen molar-refractivity contribution in [3.63, 3.8) is 0 Å². The van der Waals surface area contributed by atoms with Crippen LogP contribution in [0, 0.1) is 5.92 Å². The summed E-state index contributed by atoms with van der Waals surface area (Å²) in [6, 6.07) is 8.42. The minimum atomic E-state index is 0.127. The van der Waals surface area contributed by atoms with Gasteiger partial charge in [-0.1, -0.05) is 30.7 Å². The number of nitrogens with two attached hydrogens (primary N) is 1. The summed E-state index contributed by atoms with van der Waals surface area (Å²) >= 11 is 5.98. The third-order valence-corrected chi connectivity index (χ3v) is 4.64. The van der Waals surface area contributed by atoms with Gasteiger partial charge in [-0.05, 0) is 56.0 Å². The molecule has 3 nitrogen and oxygen atoms in total. The van der Waals surface area contributed by atoms with E-state index in [1.54, 1.807) is 0 Å². The Hall–Kier alpha value is -0.610. The van der Waals surface area contributed by atoms with E-state index >= 15 is 0 Å². The highest BCUT2D eigenvalue weighted by Crippen LogP contribution is 2.30. The van der Waals surface area contributed by atoms with E-state index in [2.05, 4.69) is 24.0 Å². The fourth-order valence-electron chi connectivity index (χ4n) is 3.03. The number of benzene rings is 1. The van der Waals surface area contributed by atoms with E-state index in [0.717, 1.165) is 37.4 Å². The summed E-state index contributed by atoms with van der Waals surface area (Å²) in [7, 11) is 0. The van der Waals surface area contributed by atoms with Crippen molar-refractivity contribution in [2.75, 3.05) is 19.7 Å². The number of likely N-dealkylation sites (tertiary alicyclic amines) is 1. The van der Waals surface area contributed by atoms with Crippen LogP contribution >= 0.6 is 11.6 Å². The van der Waals surface area contributed by atoms with Gasteiger partial charge in [0, 0.05) is 23.7 Å². The molecule has 1 aliphatic heterocycles. The zero-order chi connectivity index (χ0) is 14.5. The number of aliphatic hydroxyl groups is 1. The molecule has 1 aromatic carbocycles. The number of hydrogen-bond donors (Lipinski definition) is 2. The lowest BCUT2D eigenvalue weighted by Gasteiger charge is -2.40. The SMILES string of the molecule is CCC(N)C(c1ccc(Cl)cc1)N1CCC(CO)CC1. The summed E-state index contributed by atoms with van der Waals surface area (Å²) in [5.74, 6) is 0.454. The molecule has 0 aromatic heterocycles. The zero-order valence-electron chi connectivity index (χ0n) is 12.1. The van der Waals surface area contributed by atoms with E-state index in [1.807, 2.05) is 12.1 Å². The molecule has 1 aromatic rings. The summed E-state index contributed by atoms with van der Waals surface area (Å²) in [5, 5.41) is 10.0. The van der Waals surface area contributed by atoms with Crippen LogP contribution < -0.4 is 5.73 Å². The number of rotatable bonds is 5. The van der Waals surface area contributed by atoms with Crippen molar-refractivity contribution in [1.29, 1.82) is 0 Å². The average Bonchev–Trinajstić information content (AvgIpc) is 2.50. The van der Waals surface area contributed by atoms with Crippen LogP contribution in [0.4, 0.5) is 0 Å². The maximum absolute atomic E-state index is 9.26. The van der Waals surface area contributed by atoms with Gasteiger partial charge in [0.2, 0.25) is 0 Å². The van der Waals surface area contributed by atoms with Crippen LogP contribution in [-0.2, 0) is 0 Å². The van der Waals surface area contributed by atoms with E-state index in [9.17, 15) is 5.11 Å². The van der Waals surface area contributed by atoms with Crippen LogP contribution in [0.2, 0.25) is 5.02 Å². The smallest absolute Gasteiger partial charge is 0.0499 e. The Kier molecular flexibility index (Phi) is 5.85. The molecule has 2 atom stereocenters. The largest absolute Gasteiger partial charge is 0.396 e. The molecule has 20 heavy (non-hydrogen) atoms. The van der Waals surface area contributed by atoms with Gasteiger partial charge in [-0.2, -0.15) is 0 Å². The summed E-state index contributed by atoms with van der Waals surface area (Å²) < 4.78 is 0. The van der Waals surface area contributed by atoms with Crippen molar-refractivity contribution in [3.8, 4) is 0 Å². The normalized spacial score (nSPS) is 20.8. The van der Waals surface area contributed by atoms with Crippen LogP contribution in [0.15, 0.2) is 24.3 Å². The van der Waals surface area contributed by atoms with Gasteiger partial charge in [0.15, 0.2) is 0 Å². The molecule has 1 saturated heterocycles. The first-order valence-corrected chi connectivity index (χ1v) is 7.89. The molecular weight excluding hydrogens is 272 g/mol. The van der Waals surface area contributed by atoms with Gasteiger partial charge >= 0.3 is 0 Å². The Morgan fingerprint density at radius 1 is 1.30 bits per heavy atom. The van der Waals surface area contributed by atoms with Gasteiger partial charge in [-0.25, -0.2) is 0 Å². The summed E-state index contributed by atoms with van der Waals surface area (Å²) in [6.07, 6.45) is 3.06. The first-order chi connectivity index (χ1) is 9.65. The quantitative estimate of drug-likeness (QED) is 0.878. The Bertz CT molecular complexity index is 401. The first-order valence-electron chi connectivity index (χ1n) is 7.51. The van der Waals surface area contributed by atoms with Crippen molar-refractivity contribution in [2.24, 2.45) is 11.7 Å². The standard InChI is InChI=1S/C16H25ClN2O/c1-2-15(18)16(13-3-5-14(17)6-4-13)19-9-7-12(11-20)8-10-19/h3-6,12,15-16,20H,2,7-11,18H2,1H3. The van der Waals surface area contributed by atoms with Gasteiger partial charge < -0.3 is 10.8 Å². The molecule has 1 aliphatic rings. The average molecular weight is 297 g/mol. The summed E-state index contributed by atoms with van der Waals surface area (Å²) in [6.45, 7) is 4.45. The highest BCUT2D eigenvalue weighted by atomic mass is 35.5. The molecule has 0 amide bonds. The second kappa shape index (κ2) is 7.41. The topological polar surface area (TPSA) is 49.5 Å². The second-order valence-corrected chi connectivity index (χ2v) is 6.17. The zero-order valence-corrected chi connectivity index (χ0v) is 12.9. The highest BCUT2D eigenvalue weighted by Gasteiger charge is 2.29. The third-order valence-electron chi connectivity index (χ3n) is 4.39. The molecule has 0 radical (unpaired) electrons. The number of hydrogen-bond acceptors (Lipinski definition) is 3. The number of piperidine rings is 1. The molecule has 2 unspecified atom stereocenters. The van der Waals surface area contributed by atoms with Crippen LogP contribution in [-0.4, -0.2) is 35.7 Å². The van der Waals surface area contributed by atoms with E-state index in [1.165, 1.54) is 5.56 Å². The summed E-state index contributed by atoms with van der Waals surface area (Å²) in [4.78, 5) is 2.46. The van der Waals surface area contributed by atoms with Crippen molar-refractivity contribution in [2.45, 2.75) is 38.3 Å². The lowest BCUT2D eigenvalue weighted by atomic mass is 9.91. The highest BCUT2D eigenvalue weighted by molar-refractivity contribution is 6.30. The van der Waals surface area contributed by atoms with Crippen LogP contribution in [0.1, 0.15) is 37.8 Å². The van der Waals surface area contributed by atoms with Crippen molar-refractivity contribution < 1.29 is 5.11 Å². The van der Waals surface area contributed by atoms with Crippen LogP contribution in [0.25, 0.3) is 0 Å². The monoisotopic (exact) mass is 296 g/mol. The fourth-order valence-corrected chi connectivity index (χ4v) is 3.15. The van der Waals surface area contributed by atoms with Crippen molar-refractivity contribution in [3.05, 3.63) is 34.9 Å². The van der Waals surface area contributed by atoms with Crippen molar-refractivity contribution in [1.82, 2.24) is 4.90 Å². The van der Waals surface area contributed by atoms with Gasteiger partial charge in [0.05, 0.1) is 0 Å². The predicted octanol–water partition coefficient (Wildman–Crippen LogP) is 2.82. The van der Waals surface area contributed by atoms with Crippen molar-refractivity contribution >= 4 is 11.6 Å². The molecular formula is C16H25ClN2O. The van der Waals surface area contributed by atoms with E-state index in [4.69, 9.17) is 17.3 Å². The molecule has 0 aliphatic carbocycles. The molecule has 0 bridgehead atoms. The molecule has 3 N–H and O–H groups in total. The Morgan fingerprint density at radius 3 is 2.40 bits per heavy atom. The number of nitrogens with zero attached hydrogens (tertiary/aromatic N) is 1. The molecule has 4 heteroatoms. The van der Waals surface area contributed by atoms with E-state index in [-0.39, 0.29) is 12.1 Å². The minimum absolute atomic E-state index is 0.127. The van der Waals surface area contributed by atoms with E-state index in [0.29, 0.717) is 12.5 Å². The lowest BCUT2D eigenvalue weighted by molar-refractivity contribution is 0.0884. The number of halogens is 1. The van der Waals surface area contributed by atoms with Crippen LogP contribution in [0.3, 0.4) is 0 Å². The maximum Gasteiger partial charge on any atom is 0.0499 e. The Labute approximate surface area is 126 Å². The molecule has 2 rings (SSSR count). The predicted molar refractivity (Wildman–Crippen MR) is 83.8 cm³/mol. The van der Waals surface area contributed by atoms with Gasteiger partial charge in [0.25, 0.3) is 0 Å². The van der Waals surface area contributed by atoms with Gasteiger partial charge in [-0.15, -0.1) is 0 Å². The minimum Gasteiger partial charge on any atom is -0.396 e. The molecule has 1 fully saturated rings. The fraction of sp³-hybridized carbons (Fsp3) is 0.625. The van der Waals surface area contributed by atoms with E-state index < -0.39 is 0 Å². The lowest BCUT2D eigenvalue weighted by Crippen LogP contribution is -2.45. The van der Waals surface area contributed by atoms with Crippen LogP contribution in [0.5, 0.6) is 0 Å². The Morgan fingerprint density at radius 2 is 1.90 bits per heavy atom. The van der Waals surface area contributed by atoms with Gasteiger partial charge in [0.1, 0.15) is 0 Å². The van der Waals surface area contributed by atoms with Gasteiger partial charge in [-0.3, -0.25) is 4.90 Å². The second-order valence-electron chi connectivity index (χ2n) is 5.73. The summed E-state index contributed by atoms with van der Waals surface area (Å²) in [5.41, 5.74) is 7.60. The molecule has 0 saturated carbocycles. The Balaban J connectivity index is 2.14. The molecule has 0 spiro atoms. The first kappa shape index (κ1) is 15.8. The molecule has 112 valence electrons. The number of aliphatic hydroxyl groups excluding tert-OH is 1. The maximum atomic E-state index is 9.26. The molecule has 1 heterocycles.